The van der Waals surface area contributed by atoms with Crippen molar-refractivity contribution >= 4 is 11.6 Å². The fourth-order valence-corrected chi connectivity index (χ4v) is 3.65. The first-order valence-electron chi connectivity index (χ1n) is 8.49. The number of aromatic nitrogens is 2. The van der Waals surface area contributed by atoms with E-state index in [0.717, 1.165) is 22.3 Å². The third-order valence-electron chi connectivity index (χ3n) is 5.00. The number of benzene rings is 1. The van der Waals surface area contributed by atoms with Crippen LogP contribution in [0.1, 0.15) is 33.6 Å². The molecule has 1 aliphatic rings. The molecule has 25 heavy (non-hydrogen) atoms. The summed E-state index contributed by atoms with van der Waals surface area (Å²) in [5, 5.41) is 11.1. The first-order chi connectivity index (χ1) is 12.0. The van der Waals surface area contributed by atoms with E-state index in [9.17, 15) is 9.90 Å². The van der Waals surface area contributed by atoms with Crippen molar-refractivity contribution in [2.45, 2.75) is 25.9 Å². The van der Waals surface area contributed by atoms with E-state index in [4.69, 9.17) is 0 Å². The van der Waals surface area contributed by atoms with Gasteiger partial charge >= 0.3 is 0 Å². The zero-order valence-corrected chi connectivity index (χ0v) is 14.4. The number of aliphatic hydroxyl groups is 1. The first kappa shape index (κ1) is 15.8. The van der Waals surface area contributed by atoms with Crippen LogP contribution >= 0.6 is 0 Å². The van der Waals surface area contributed by atoms with E-state index in [1.807, 2.05) is 60.8 Å². The molecule has 5 nitrogen and oxygen atoms in total. The monoisotopic (exact) mass is 335 g/mol. The Morgan fingerprint density at radius 2 is 1.96 bits per heavy atom. The summed E-state index contributed by atoms with van der Waals surface area (Å²) >= 11 is 0. The van der Waals surface area contributed by atoms with Crippen LogP contribution < -0.4 is 0 Å². The van der Waals surface area contributed by atoms with Crippen molar-refractivity contribution < 1.29 is 9.90 Å². The highest BCUT2D eigenvalue weighted by Gasteiger charge is 2.41. The smallest absolute Gasteiger partial charge is 0.274 e. The zero-order chi connectivity index (χ0) is 17.6. The first-order valence-corrected chi connectivity index (χ1v) is 8.49. The summed E-state index contributed by atoms with van der Waals surface area (Å²) in [5.74, 6) is -0.133. The van der Waals surface area contributed by atoms with Gasteiger partial charge in [-0.1, -0.05) is 30.3 Å². The van der Waals surface area contributed by atoms with Crippen LogP contribution in [0.5, 0.6) is 0 Å². The summed E-state index contributed by atoms with van der Waals surface area (Å²) in [4.78, 5) is 19.0. The van der Waals surface area contributed by atoms with Crippen LogP contribution in [0, 0.1) is 13.8 Å². The molecule has 0 radical (unpaired) electrons. The van der Waals surface area contributed by atoms with E-state index in [1.165, 1.54) is 0 Å². The van der Waals surface area contributed by atoms with Gasteiger partial charge in [0, 0.05) is 18.9 Å². The predicted molar refractivity (Wildman–Crippen MR) is 95.5 cm³/mol. The van der Waals surface area contributed by atoms with Crippen molar-refractivity contribution in [1.82, 2.24) is 14.3 Å². The van der Waals surface area contributed by atoms with Crippen molar-refractivity contribution in [2.75, 3.05) is 13.1 Å². The van der Waals surface area contributed by atoms with Gasteiger partial charge in [-0.3, -0.25) is 4.79 Å². The molecule has 5 heteroatoms. The van der Waals surface area contributed by atoms with Gasteiger partial charge in [-0.2, -0.15) is 0 Å². The standard InChI is InChI=1S/C20H21N3O2/c1-14-7-8-18-21-17(12-23(18)11-14)19(24)22-10-9-20(25,13-22)16-6-4-3-5-15(16)2/h3-8,11-12,25H,9-10,13H2,1-2H3/t20-/m0/s1. The minimum atomic E-state index is -0.989. The molecule has 1 aliphatic heterocycles. The highest BCUT2D eigenvalue weighted by molar-refractivity contribution is 5.93. The number of amides is 1. The van der Waals surface area contributed by atoms with E-state index >= 15 is 0 Å². The van der Waals surface area contributed by atoms with Crippen LogP contribution in [0.3, 0.4) is 0 Å². The molecule has 1 fully saturated rings. The van der Waals surface area contributed by atoms with Crippen molar-refractivity contribution in [1.29, 1.82) is 0 Å². The second kappa shape index (κ2) is 5.70. The molecule has 4 rings (SSSR count). The Balaban J connectivity index is 1.60. The Bertz CT molecular complexity index is 962. The van der Waals surface area contributed by atoms with Gasteiger partial charge in [0.1, 0.15) is 16.9 Å². The van der Waals surface area contributed by atoms with Gasteiger partial charge in [0.15, 0.2) is 0 Å². The van der Waals surface area contributed by atoms with Crippen LogP contribution in [-0.2, 0) is 5.60 Å². The fourth-order valence-electron chi connectivity index (χ4n) is 3.65. The van der Waals surface area contributed by atoms with Crippen molar-refractivity contribution in [3.8, 4) is 0 Å². The zero-order valence-electron chi connectivity index (χ0n) is 14.4. The molecule has 0 unspecified atom stereocenters. The molecule has 1 atom stereocenters. The van der Waals surface area contributed by atoms with Gasteiger partial charge in [0.2, 0.25) is 0 Å². The van der Waals surface area contributed by atoms with E-state index in [2.05, 4.69) is 4.98 Å². The lowest BCUT2D eigenvalue weighted by Gasteiger charge is -2.25. The quantitative estimate of drug-likeness (QED) is 0.783. The molecule has 2 aromatic heterocycles. The highest BCUT2D eigenvalue weighted by Crippen LogP contribution is 2.34. The van der Waals surface area contributed by atoms with E-state index in [0.29, 0.717) is 25.2 Å². The Kier molecular flexibility index (Phi) is 3.62. The highest BCUT2D eigenvalue weighted by atomic mass is 16.3. The summed E-state index contributed by atoms with van der Waals surface area (Å²) < 4.78 is 1.87. The summed E-state index contributed by atoms with van der Waals surface area (Å²) in [6, 6.07) is 11.7. The number of hydrogen-bond donors (Lipinski definition) is 1. The number of likely N-dealkylation sites (tertiary alicyclic amines) is 1. The molecule has 1 amide bonds. The van der Waals surface area contributed by atoms with Crippen molar-refractivity contribution in [2.24, 2.45) is 0 Å². The Morgan fingerprint density at radius 1 is 1.16 bits per heavy atom. The van der Waals surface area contributed by atoms with Crippen molar-refractivity contribution in [3.05, 3.63) is 71.2 Å². The maximum atomic E-state index is 12.8. The molecule has 0 aliphatic carbocycles. The minimum Gasteiger partial charge on any atom is -0.383 e. The Morgan fingerprint density at radius 3 is 2.76 bits per heavy atom. The molecule has 0 saturated carbocycles. The summed E-state index contributed by atoms with van der Waals surface area (Å²) in [5.41, 5.74) is 3.23. The molecule has 1 saturated heterocycles. The number of fused-ring (bicyclic) bond motifs is 1. The third kappa shape index (κ3) is 2.70. The van der Waals surface area contributed by atoms with E-state index < -0.39 is 5.60 Å². The number of pyridine rings is 1. The van der Waals surface area contributed by atoms with Crippen LogP contribution in [0.25, 0.3) is 5.65 Å². The average Bonchev–Trinajstić information content (AvgIpc) is 3.18. The summed E-state index contributed by atoms with van der Waals surface area (Å²) in [6.07, 6.45) is 4.25. The molecule has 128 valence electrons. The number of aryl methyl sites for hydroxylation is 2. The fraction of sp³-hybridized carbons (Fsp3) is 0.300. The van der Waals surface area contributed by atoms with Gasteiger partial charge in [-0.25, -0.2) is 4.98 Å². The number of carbonyl (C=O) groups excluding carboxylic acids is 1. The maximum absolute atomic E-state index is 12.8. The van der Waals surface area contributed by atoms with Crippen LogP contribution in [0.15, 0.2) is 48.8 Å². The molecule has 0 bridgehead atoms. The lowest BCUT2D eigenvalue weighted by molar-refractivity contribution is 0.0411. The van der Waals surface area contributed by atoms with Crippen LogP contribution in [0.4, 0.5) is 0 Å². The lowest BCUT2D eigenvalue weighted by atomic mass is 9.89. The number of nitrogens with zero attached hydrogens (tertiary/aromatic N) is 3. The average molecular weight is 335 g/mol. The molecule has 3 heterocycles. The topological polar surface area (TPSA) is 57.8 Å². The predicted octanol–water partition coefficient (Wildman–Crippen LogP) is 2.68. The minimum absolute atomic E-state index is 0.133. The second-order valence-electron chi connectivity index (χ2n) is 6.92. The van der Waals surface area contributed by atoms with E-state index in [-0.39, 0.29) is 5.91 Å². The molecule has 0 spiro atoms. The molecular formula is C20H21N3O2. The normalized spacial score (nSPS) is 20.4. The number of imidazole rings is 1. The Hall–Kier alpha value is -2.66. The van der Waals surface area contributed by atoms with Gasteiger partial charge < -0.3 is 14.4 Å². The molecular weight excluding hydrogens is 314 g/mol. The summed E-state index contributed by atoms with van der Waals surface area (Å²) in [7, 11) is 0. The third-order valence-corrected chi connectivity index (χ3v) is 5.00. The summed E-state index contributed by atoms with van der Waals surface area (Å²) in [6.45, 7) is 4.81. The maximum Gasteiger partial charge on any atom is 0.274 e. The lowest BCUT2D eigenvalue weighted by Crippen LogP contribution is -2.35. The van der Waals surface area contributed by atoms with Gasteiger partial charge in [-0.05, 0) is 43.0 Å². The van der Waals surface area contributed by atoms with Gasteiger partial charge in [0.05, 0.1) is 6.54 Å². The van der Waals surface area contributed by atoms with Crippen LogP contribution in [-0.4, -0.2) is 38.4 Å². The molecule has 1 aromatic carbocycles. The van der Waals surface area contributed by atoms with E-state index in [1.54, 1.807) is 11.1 Å². The van der Waals surface area contributed by atoms with Crippen molar-refractivity contribution in [3.63, 3.8) is 0 Å². The van der Waals surface area contributed by atoms with Crippen LogP contribution in [0.2, 0.25) is 0 Å². The van der Waals surface area contributed by atoms with Gasteiger partial charge in [0.25, 0.3) is 5.91 Å². The second-order valence-corrected chi connectivity index (χ2v) is 6.92. The number of rotatable bonds is 2. The number of β-amino-alcohol motifs (C(OH)–C–C–N with tert-alkyl or cyclic N) is 1. The number of carbonyl (C=O) groups is 1. The van der Waals surface area contributed by atoms with Gasteiger partial charge in [-0.15, -0.1) is 0 Å². The largest absolute Gasteiger partial charge is 0.383 e. The molecule has 3 aromatic rings. The molecule has 1 N–H and O–H groups in total. The SMILES string of the molecule is Cc1ccc2nc(C(=O)N3CC[C@@](O)(c4ccccc4C)C3)cn2c1. The number of hydrogen-bond acceptors (Lipinski definition) is 3. The Labute approximate surface area is 146 Å².